The van der Waals surface area contributed by atoms with Crippen molar-refractivity contribution in [3.63, 3.8) is 0 Å². The van der Waals surface area contributed by atoms with Gasteiger partial charge in [-0.1, -0.05) is 26.5 Å². The highest BCUT2D eigenvalue weighted by Gasteiger charge is 2.24. The second-order valence-electron chi connectivity index (χ2n) is 4.56. The van der Waals surface area contributed by atoms with Gasteiger partial charge in [0.15, 0.2) is 0 Å². The van der Waals surface area contributed by atoms with E-state index in [1.165, 1.54) is 6.26 Å². The van der Waals surface area contributed by atoms with Gasteiger partial charge in [-0.3, -0.25) is 0 Å². The normalized spacial score (nSPS) is 18.2. The lowest BCUT2D eigenvalue weighted by atomic mass is 9.99. The van der Waals surface area contributed by atoms with Crippen LogP contribution in [0.15, 0.2) is 25.5 Å². The Labute approximate surface area is 100 Å². The fourth-order valence-corrected chi connectivity index (χ4v) is 1.33. The Balaban J connectivity index is 4.13. The number of rotatable bonds is 9. The maximum atomic E-state index is 5.84. The average molecular weight is 226 g/mol. The van der Waals surface area contributed by atoms with Crippen molar-refractivity contribution in [2.24, 2.45) is 0 Å². The Morgan fingerprint density at radius 2 is 1.75 bits per heavy atom. The Hall–Kier alpha value is -0.760. The summed E-state index contributed by atoms with van der Waals surface area (Å²) < 4.78 is 11.4. The largest absolute Gasteiger partial charge is 0.496 e. The maximum Gasteiger partial charge on any atom is 0.107 e. The summed E-state index contributed by atoms with van der Waals surface area (Å²) in [5, 5.41) is 0. The first-order chi connectivity index (χ1) is 7.45. The summed E-state index contributed by atoms with van der Waals surface area (Å²) in [6.07, 6.45) is 6.11. The lowest BCUT2D eigenvalue weighted by Gasteiger charge is -2.30. The molecule has 0 aromatic carbocycles. The van der Waals surface area contributed by atoms with Gasteiger partial charge in [0.1, 0.15) is 5.60 Å². The van der Waals surface area contributed by atoms with Gasteiger partial charge in [0.25, 0.3) is 0 Å². The summed E-state index contributed by atoms with van der Waals surface area (Å²) in [4.78, 5) is 0. The lowest BCUT2D eigenvalue weighted by molar-refractivity contribution is -0.0433. The molecule has 2 unspecified atom stereocenters. The van der Waals surface area contributed by atoms with Crippen LogP contribution in [0.3, 0.4) is 0 Å². The molecule has 0 fully saturated rings. The van der Waals surface area contributed by atoms with Crippen LogP contribution in [0.5, 0.6) is 0 Å². The second-order valence-corrected chi connectivity index (χ2v) is 4.56. The molecule has 2 heteroatoms. The highest BCUT2D eigenvalue weighted by molar-refractivity contribution is 4.92. The van der Waals surface area contributed by atoms with Crippen molar-refractivity contribution in [2.75, 3.05) is 6.61 Å². The van der Waals surface area contributed by atoms with Gasteiger partial charge in [0.05, 0.1) is 18.5 Å². The Morgan fingerprint density at radius 1 is 1.12 bits per heavy atom. The van der Waals surface area contributed by atoms with Crippen LogP contribution in [-0.2, 0) is 9.47 Å². The first-order valence-electron chi connectivity index (χ1n) is 6.01. The average Bonchev–Trinajstić information content (AvgIpc) is 2.29. The Bertz CT molecular complexity index is 225. The zero-order valence-corrected chi connectivity index (χ0v) is 11.2. The predicted octanol–water partition coefficient (Wildman–Crippen LogP) is 4.08. The van der Waals surface area contributed by atoms with Gasteiger partial charge in [-0.15, -0.1) is 6.58 Å². The van der Waals surface area contributed by atoms with Crippen LogP contribution in [0, 0.1) is 0 Å². The summed E-state index contributed by atoms with van der Waals surface area (Å²) >= 11 is 0. The van der Waals surface area contributed by atoms with Gasteiger partial charge in [-0.05, 0) is 26.7 Å². The molecule has 0 spiro atoms. The molecule has 2 nitrogen and oxygen atoms in total. The molecule has 0 aromatic heterocycles. The van der Waals surface area contributed by atoms with Gasteiger partial charge >= 0.3 is 0 Å². The molecule has 0 radical (unpaired) electrons. The van der Waals surface area contributed by atoms with E-state index in [-0.39, 0.29) is 11.2 Å². The molecule has 0 aromatic rings. The molecule has 2 atom stereocenters. The molecule has 0 bridgehead atoms. The van der Waals surface area contributed by atoms with Crippen LogP contribution in [0.1, 0.15) is 47.0 Å². The quantitative estimate of drug-likeness (QED) is 0.436. The molecule has 0 N–H and O–H groups in total. The Kier molecular flexibility index (Phi) is 6.42. The number of hydrogen-bond acceptors (Lipinski definition) is 2. The molecular weight excluding hydrogens is 200 g/mol. The monoisotopic (exact) mass is 226 g/mol. The molecular formula is C14H26O2. The third-order valence-electron chi connectivity index (χ3n) is 3.31. The summed E-state index contributed by atoms with van der Waals surface area (Å²) in [7, 11) is 0. The summed E-state index contributed by atoms with van der Waals surface area (Å²) in [6.45, 7) is 16.4. The molecule has 0 rings (SSSR count). The predicted molar refractivity (Wildman–Crippen MR) is 69.4 cm³/mol. The van der Waals surface area contributed by atoms with Crippen molar-refractivity contribution < 1.29 is 9.47 Å². The van der Waals surface area contributed by atoms with E-state index >= 15 is 0 Å². The van der Waals surface area contributed by atoms with Crippen molar-refractivity contribution in [1.82, 2.24) is 0 Å². The minimum absolute atomic E-state index is 0.169. The van der Waals surface area contributed by atoms with Gasteiger partial charge in [0.2, 0.25) is 0 Å². The molecule has 0 heterocycles. The van der Waals surface area contributed by atoms with Crippen LogP contribution in [0.4, 0.5) is 0 Å². The zero-order valence-electron chi connectivity index (χ0n) is 11.2. The molecule has 0 saturated heterocycles. The fourth-order valence-electron chi connectivity index (χ4n) is 1.33. The third kappa shape index (κ3) is 4.84. The van der Waals surface area contributed by atoms with Crippen molar-refractivity contribution >= 4 is 0 Å². The SMILES string of the molecule is C=COC(C)(CC)CCOC(C)(C=C)CC. The van der Waals surface area contributed by atoms with E-state index < -0.39 is 0 Å². The molecule has 16 heavy (non-hydrogen) atoms. The number of hydrogen-bond donors (Lipinski definition) is 0. The third-order valence-corrected chi connectivity index (χ3v) is 3.31. The molecule has 0 amide bonds. The molecule has 0 aliphatic heterocycles. The van der Waals surface area contributed by atoms with Crippen molar-refractivity contribution in [1.29, 1.82) is 0 Å². The van der Waals surface area contributed by atoms with Gasteiger partial charge < -0.3 is 9.47 Å². The van der Waals surface area contributed by atoms with E-state index in [4.69, 9.17) is 9.47 Å². The van der Waals surface area contributed by atoms with Crippen molar-refractivity contribution in [2.45, 2.75) is 58.2 Å². The smallest absolute Gasteiger partial charge is 0.107 e. The maximum absolute atomic E-state index is 5.84. The first-order valence-corrected chi connectivity index (χ1v) is 6.01. The van der Waals surface area contributed by atoms with E-state index in [0.29, 0.717) is 6.61 Å². The highest BCUT2D eigenvalue weighted by Crippen LogP contribution is 2.23. The van der Waals surface area contributed by atoms with Gasteiger partial charge in [0, 0.05) is 6.42 Å². The van der Waals surface area contributed by atoms with E-state index in [0.717, 1.165) is 19.3 Å². The second kappa shape index (κ2) is 6.74. The van der Waals surface area contributed by atoms with Gasteiger partial charge in [-0.2, -0.15) is 0 Å². The van der Waals surface area contributed by atoms with E-state index in [1.807, 2.05) is 6.08 Å². The van der Waals surface area contributed by atoms with Crippen molar-refractivity contribution in [3.05, 3.63) is 25.5 Å². The van der Waals surface area contributed by atoms with Crippen LogP contribution in [-0.4, -0.2) is 17.8 Å². The summed E-state index contributed by atoms with van der Waals surface area (Å²) in [5.41, 5.74) is -0.388. The van der Waals surface area contributed by atoms with Crippen LogP contribution < -0.4 is 0 Å². The minimum atomic E-state index is -0.219. The molecule has 0 saturated carbocycles. The van der Waals surface area contributed by atoms with E-state index in [9.17, 15) is 0 Å². The van der Waals surface area contributed by atoms with Crippen LogP contribution in [0.25, 0.3) is 0 Å². The standard InChI is InChI=1S/C14H26O2/c1-7-13(5,8-2)16-12-11-14(6,9-3)15-10-4/h7,10H,1,4,8-9,11-12H2,2-3,5-6H3. The minimum Gasteiger partial charge on any atom is -0.496 e. The fraction of sp³-hybridized carbons (Fsp3) is 0.714. The molecule has 0 aliphatic carbocycles. The first kappa shape index (κ1) is 15.2. The Morgan fingerprint density at radius 3 is 2.12 bits per heavy atom. The van der Waals surface area contributed by atoms with Crippen LogP contribution >= 0.6 is 0 Å². The zero-order chi connectivity index (χ0) is 12.7. The van der Waals surface area contributed by atoms with Crippen LogP contribution in [0.2, 0.25) is 0 Å². The lowest BCUT2D eigenvalue weighted by Crippen LogP contribution is -2.31. The highest BCUT2D eigenvalue weighted by atomic mass is 16.5. The number of ether oxygens (including phenoxy) is 2. The summed E-state index contributed by atoms with van der Waals surface area (Å²) in [5.74, 6) is 0. The molecule has 0 aliphatic rings. The van der Waals surface area contributed by atoms with E-state index in [2.05, 4.69) is 40.9 Å². The van der Waals surface area contributed by atoms with Crippen molar-refractivity contribution in [3.8, 4) is 0 Å². The van der Waals surface area contributed by atoms with E-state index in [1.54, 1.807) is 0 Å². The topological polar surface area (TPSA) is 18.5 Å². The van der Waals surface area contributed by atoms with Gasteiger partial charge in [-0.25, -0.2) is 0 Å². The summed E-state index contributed by atoms with van der Waals surface area (Å²) in [6, 6.07) is 0. The molecule has 94 valence electrons.